The molecule has 2 rings (SSSR count). The van der Waals surface area contributed by atoms with E-state index in [1.807, 2.05) is 13.0 Å². The molecule has 0 saturated carbocycles. The minimum atomic E-state index is -0.480. The molecule has 0 bridgehead atoms. The predicted molar refractivity (Wildman–Crippen MR) is 61.8 cm³/mol. The molecule has 18 heavy (non-hydrogen) atoms. The number of hydrogen-bond donors (Lipinski definition) is 1. The topological polar surface area (TPSA) is 77.5 Å². The summed E-state index contributed by atoms with van der Waals surface area (Å²) >= 11 is 0. The van der Waals surface area contributed by atoms with Crippen LogP contribution in [0.1, 0.15) is 27.8 Å². The van der Waals surface area contributed by atoms with E-state index >= 15 is 0 Å². The third-order valence-corrected chi connectivity index (χ3v) is 2.32. The minimum Gasteiger partial charge on any atom is -0.463 e. The largest absolute Gasteiger partial charge is 0.463 e. The van der Waals surface area contributed by atoms with E-state index < -0.39 is 5.97 Å². The van der Waals surface area contributed by atoms with E-state index in [4.69, 9.17) is 8.94 Å². The Bertz CT molecular complexity index is 530. The molecular formula is C12H14N2O4. The number of esters is 1. The van der Waals surface area contributed by atoms with Crippen molar-refractivity contribution in [2.75, 3.05) is 7.11 Å². The molecule has 0 aliphatic carbocycles. The van der Waals surface area contributed by atoms with E-state index in [1.165, 1.54) is 7.11 Å². The number of furan rings is 1. The number of carbonyl (C=O) groups excluding carboxylic acids is 1. The second-order valence-corrected chi connectivity index (χ2v) is 3.80. The number of ether oxygens (including phenoxy) is 1. The molecule has 0 aromatic carbocycles. The van der Waals surface area contributed by atoms with Crippen LogP contribution in [0.4, 0.5) is 0 Å². The number of rotatable bonds is 5. The van der Waals surface area contributed by atoms with Gasteiger partial charge in [-0.1, -0.05) is 5.16 Å². The van der Waals surface area contributed by atoms with Crippen LogP contribution in [0.15, 0.2) is 27.1 Å². The number of methoxy groups -OCH3 is 1. The maximum Gasteiger partial charge on any atom is 0.373 e. The van der Waals surface area contributed by atoms with Crippen molar-refractivity contribution in [2.24, 2.45) is 0 Å². The Balaban J connectivity index is 1.83. The monoisotopic (exact) mass is 250 g/mol. The first kappa shape index (κ1) is 12.4. The minimum absolute atomic E-state index is 0.199. The highest BCUT2D eigenvalue weighted by molar-refractivity contribution is 5.86. The molecule has 2 aromatic heterocycles. The van der Waals surface area contributed by atoms with E-state index in [-0.39, 0.29) is 5.76 Å². The average molecular weight is 250 g/mol. The van der Waals surface area contributed by atoms with Gasteiger partial charge in [0.1, 0.15) is 5.76 Å². The summed E-state index contributed by atoms with van der Waals surface area (Å²) in [5.41, 5.74) is 0.845. The summed E-state index contributed by atoms with van der Waals surface area (Å²) in [5, 5.41) is 6.90. The van der Waals surface area contributed by atoms with Crippen molar-refractivity contribution < 1.29 is 18.5 Å². The maximum atomic E-state index is 11.2. The summed E-state index contributed by atoms with van der Waals surface area (Å²) in [6.07, 6.45) is 0. The number of nitrogens with one attached hydrogen (secondary N) is 1. The lowest BCUT2D eigenvalue weighted by atomic mass is 10.3. The van der Waals surface area contributed by atoms with Crippen LogP contribution in [0.5, 0.6) is 0 Å². The van der Waals surface area contributed by atoms with Crippen LogP contribution in [-0.2, 0) is 17.8 Å². The Morgan fingerprint density at radius 1 is 1.39 bits per heavy atom. The average Bonchev–Trinajstić information content (AvgIpc) is 2.98. The first-order valence-electron chi connectivity index (χ1n) is 5.49. The lowest BCUT2D eigenvalue weighted by Gasteiger charge is -1.98. The molecule has 0 aliphatic rings. The first-order valence-corrected chi connectivity index (χ1v) is 5.49. The van der Waals surface area contributed by atoms with Gasteiger partial charge in [0, 0.05) is 6.07 Å². The van der Waals surface area contributed by atoms with Crippen LogP contribution in [0, 0.1) is 6.92 Å². The first-order chi connectivity index (χ1) is 8.69. The fourth-order valence-corrected chi connectivity index (χ4v) is 1.49. The van der Waals surface area contributed by atoms with Crippen molar-refractivity contribution in [1.82, 2.24) is 10.5 Å². The van der Waals surface area contributed by atoms with Crippen LogP contribution in [0.3, 0.4) is 0 Å². The molecule has 0 aliphatic heterocycles. The van der Waals surface area contributed by atoms with Crippen molar-refractivity contribution in [2.45, 2.75) is 20.0 Å². The van der Waals surface area contributed by atoms with E-state index in [0.29, 0.717) is 18.8 Å². The summed E-state index contributed by atoms with van der Waals surface area (Å²) in [7, 11) is 1.31. The standard InChI is InChI=1S/C12H14N2O4/c1-8-5-10(18-14-8)7-13-6-9-3-4-11(17-9)12(15)16-2/h3-5,13H,6-7H2,1-2H3. The number of aromatic nitrogens is 1. The van der Waals surface area contributed by atoms with Gasteiger partial charge in [-0.3, -0.25) is 0 Å². The molecule has 1 N–H and O–H groups in total. The summed E-state index contributed by atoms with van der Waals surface area (Å²) in [6, 6.07) is 5.17. The number of nitrogens with zero attached hydrogens (tertiary/aromatic N) is 1. The predicted octanol–water partition coefficient (Wildman–Crippen LogP) is 1.65. The lowest BCUT2D eigenvalue weighted by Crippen LogP contribution is -2.11. The molecule has 6 heteroatoms. The van der Waals surface area contributed by atoms with Crippen LogP contribution in [0.25, 0.3) is 0 Å². The molecule has 0 atom stereocenters. The molecule has 0 saturated heterocycles. The summed E-state index contributed by atoms with van der Waals surface area (Å²) < 4.78 is 14.9. The Hall–Kier alpha value is -2.08. The van der Waals surface area contributed by atoms with E-state index in [1.54, 1.807) is 12.1 Å². The van der Waals surface area contributed by atoms with Gasteiger partial charge in [-0.25, -0.2) is 4.79 Å². The number of carbonyl (C=O) groups is 1. The van der Waals surface area contributed by atoms with Gasteiger partial charge in [0.05, 0.1) is 25.9 Å². The van der Waals surface area contributed by atoms with Gasteiger partial charge in [0.25, 0.3) is 0 Å². The zero-order valence-electron chi connectivity index (χ0n) is 10.2. The summed E-state index contributed by atoms with van der Waals surface area (Å²) in [5.74, 6) is 1.14. The van der Waals surface area contributed by atoms with Gasteiger partial charge in [-0.15, -0.1) is 0 Å². The third kappa shape index (κ3) is 2.98. The zero-order chi connectivity index (χ0) is 13.0. The van der Waals surface area contributed by atoms with Crippen molar-refractivity contribution in [1.29, 1.82) is 0 Å². The third-order valence-electron chi connectivity index (χ3n) is 2.32. The van der Waals surface area contributed by atoms with Crippen molar-refractivity contribution in [3.63, 3.8) is 0 Å². The van der Waals surface area contributed by atoms with Crippen molar-refractivity contribution >= 4 is 5.97 Å². The molecule has 0 unspecified atom stereocenters. The normalized spacial score (nSPS) is 10.6. The highest BCUT2D eigenvalue weighted by atomic mass is 16.5. The Morgan fingerprint density at radius 3 is 2.83 bits per heavy atom. The van der Waals surface area contributed by atoms with Crippen LogP contribution < -0.4 is 5.32 Å². The zero-order valence-corrected chi connectivity index (χ0v) is 10.2. The van der Waals surface area contributed by atoms with Gasteiger partial charge in [-0.05, 0) is 19.1 Å². The van der Waals surface area contributed by atoms with Crippen LogP contribution in [0.2, 0.25) is 0 Å². The van der Waals surface area contributed by atoms with Gasteiger partial charge in [0.2, 0.25) is 5.76 Å². The Labute approximate surface area is 104 Å². The number of hydrogen-bond acceptors (Lipinski definition) is 6. The van der Waals surface area contributed by atoms with E-state index in [2.05, 4.69) is 15.2 Å². The molecule has 0 radical (unpaired) electrons. The highest BCUT2D eigenvalue weighted by Crippen LogP contribution is 2.09. The van der Waals surface area contributed by atoms with E-state index in [9.17, 15) is 4.79 Å². The molecule has 96 valence electrons. The van der Waals surface area contributed by atoms with Gasteiger partial charge < -0.3 is 19.0 Å². The molecule has 0 amide bonds. The highest BCUT2D eigenvalue weighted by Gasteiger charge is 2.10. The maximum absolute atomic E-state index is 11.2. The summed E-state index contributed by atoms with van der Waals surface area (Å²) in [4.78, 5) is 11.2. The fourth-order valence-electron chi connectivity index (χ4n) is 1.49. The SMILES string of the molecule is COC(=O)c1ccc(CNCc2cc(C)no2)o1. The van der Waals surface area contributed by atoms with Gasteiger partial charge >= 0.3 is 5.97 Å². The van der Waals surface area contributed by atoms with Crippen LogP contribution >= 0.6 is 0 Å². The second-order valence-electron chi connectivity index (χ2n) is 3.80. The van der Waals surface area contributed by atoms with Crippen LogP contribution in [-0.4, -0.2) is 18.2 Å². The molecule has 6 nitrogen and oxygen atoms in total. The quantitative estimate of drug-likeness (QED) is 0.813. The molecular weight excluding hydrogens is 236 g/mol. The van der Waals surface area contributed by atoms with Gasteiger partial charge in [-0.2, -0.15) is 0 Å². The van der Waals surface area contributed by atoms with E-state index in [0.717, 1.165) is 11.5 Å². The fraction of sp³-hybridized carbons (Fsp3) is 0.333. The smallest absolute Gasteiger partial charge is 0.373 e. The Kier molecular flexibility index (Phi) is 3.78. The van der Waals surface area contributed by atoms with Crippen molar-refractivity contribution in [3.8, 4) is 0 Å². The molecule has 0 spiro atoms. The number of aryl methyl sites for hydroxylation is 1. The Morgan fingerprint density at radius 2 is 2.17 bits per heavy atom. The second kappa shape index (κ2) is 5.50. The van der Waals surface area contributed by atoms with Crippen molar-refractivity contribution in [3.05, 3.63) is 41.2 Å². The van der Waals surface area contributed by atoms with Gasteiger partial charge in [0.15, 0.2) is 5.76 Å². The molecule has 2 aromatic rings. The summed E-state index contributed by atoms with van der Waals surface area (Å²) in [6.45, 7) is 2.91. The molecule has 2 heterocycles. The molecule has 0 fully saturated rings. The lowest BCUT2D eigenvalue weighted by molar-refractivity contribution is 0.0563.